The topological polar surface area (TPSA) is 96.0 Å². The Kier molecular flexibility index (Phi) is 5.36. The van der Waals surface area contributed by atoms with Gasteiger partial charge in [-0.15, -0.1) is 0 Å². The lowest BCUT2D eigenvalue weighted by Gasteiger charge is -2.10. The van der Waals surface area contributed by atoms with E-state index in [2.05, 4.69) is 5.32 Å². The van der Waals surface area contributed by atoms with E-state index < -0.39 is 22.7 Å². The van der Waals surface area contributed by atoms with Crippen LogP contribution in [-0.4, -0.2) is 10.8 Å². The van der Waals surface area contributed by atoms with Crippen LogP contribution in [0.4, 0.5) is 10.1 Å². The van der Waals surface area contributed by atoms with Crippen LogP contribution in [0.1, 0.15) is 17.2 Å². The molecule has 0 fully saturated rings. The summed E-state index contributed by atoms with van der Waals surface area (Å²) in [5.41, 5.74) is 0.851. The molecule has 0 spiro atoms. The van der Waals surface area contributed by atoms with E-state index in [1.807, 2.05) is 6.07 Å². The Morgan fingerprint density at radius 2 is 2.00 bits per heavy atom. The van der Waals surface area contributed by atoms with E-state index in [-0.39, 0.29) is 5.69 Å². The molecule has 0 saturated carbocycles. The Morgan fingerprint density at radius 1 is 1.29 bits per heavy atom. The molecule has 2 aromatic rings. The lowest BCUT2D eigenvalue weighted by Crippen LogP contribution is -2.25. The van der Waals surface area contributed by atoms with Crippen molar-refractivity contribution in [3.63, 3.8) is 0 Å². The summed E-state index contributed by atoms with van der Waals surface area (Å²) in [6, 6.07) is 12.0. The number of benzene rings is 2. The first-order chi connectivity index (χ1) is 11.5. The summed E-state index contributed by atoms with van der Waals surface area (Å²) in [4.78, 5) is 22.1. The predicted octanol–water partition coefficient (Wildman–Crippen LogP) is 3.13. The first kappa shape index (κ1) is 16.8. The van der Waals surface area contributed by atoms with Gasteiger partial charge in [0.05, 0.1) is 11.0 Å². The van der Waals surface area contributed by atoms with Crippen molar-refractivity contribution in [3.05, 3.63) is 81.7 Å². The summed E-state index contributed by atoms with van der Waals surface area (Å²) in [7, 11) is 0. The largest absolute Gasteiger partial charge is 0.333 e. The molecular weight excluding hydrogens is 313 g/mol. The van der Waals surface area contributed by atoms with Crippen molar-refractivity contribution in [1.82, 2.24) is 5.32 Å². The molecule has 0 bridgehead atoms. The fraction of sp³-hybridized carbons (Fsp3) is 0.0588. The van der Waals surface area contributed by atoms with Crippen LogP contribution < -0.4 is 5.32 Å². The second kappa shape index (κ2) is 7.65. The van der Waals surface area contributed by atoms with Gasteiger partial charge in [0.25, 0.3) is 5.69 Å². The molecule has 24 heavy (non-hydrogen) atoms. The fourth-order valence-electron chi connectivity index (χ4n) is 1.95. The molecule has 0 unspecified atom stereocenters. The third kappa shape index (κ3) is 4.48. The molecule has 0 aromatic heterocycles. The molecule has 2 rings (SSSR count). The molecule has 2 aromatic carbocycles. The molecule has 6 nitrogen and oxygen atoms in total. The Labute approximate surface area is 137 Å². The molecule has 1 atom stereocenters. The van der Waals surface area contributed by atoms with Gasteiger partial charge < -0.3 is 5.32 Å². The minimum absolute atomic E-state index is 0.0845. The van der Waals surface area contributed by atoms with Gasteiger partial charge in [-0.25, -0.2) is 4.39 Å². The third-order valence-electron chi connectivity index (χ3n) is 3.13. The van der Waals surface area contributed by atoms with Crippen LogP contribution in [0.3, 0.4) is 0 Å². The molecule has 0 aliphatic carbocycles. The van der Waals surface area contributed by atoms with Gasteiger partial charge in [-0.2, -0.15) is 5.26 Å². The lowest BCUT2D eigenvalue weighted by molar-refractivity contribution is -0.384. The van der Waals surface area contributed by atoms with Crippen LogP contribution in [-0.2, 0) is 4.79 Å². The predicted molar refractivity (Wildman–Crippen MR) is 85.0 cm³/mol. The average molecular weight is 325 g/mol. The molecule has 0 saturated heterocycles. The number of amides is 1. The molecule has 0 heterocycles. The van der Waals surface area contributed by atoms with Crippen LogP contribution in [0.5, 0.6) is 0 Å². The highest BCUT2D eigenvalue weighted by molar-refractivity contribution is 5.92. The fourth-order valence-corrected chi connectivity index (χ4v) is 1.95. The van der Waals surface area contributed by atoms with Crippen molar-refractivity contribution in [2.24, 2.45) is 0 Å². The van der Waals surface area contributed by atoms with Gasteiger partial charge in [0.1, 0.15) is 11.9 Å². The van der Waals surface area contributed by atoms with Crippen molar-refractivity contribution in [2.45, 2.75) is 6.04 Å². The van der Waals surface area contributed by atoms with E-state index in [1.165, 1.54) is 54.6 Å². The Bertz CT molecular complexity index is 826. The van der Waals surface area contributed by atoms with Crippen LogP contribution in [0.15, 0.2) is 54.6 Å². The number of nitrogens with zero attached hydrogens (tertiary/aromatic N) is 2. The minimum atomic E-state index is -0.923. The maximum atomic E-state index is 12.9. The molecular formula is C17H12FN3O3. The highest BCUT2D eigenvalue weighted by Gasteiger charge is 2.12. The summed E-state index contributed by atoms with van der Waals surface area (Å²) in [6.07, 6.45) is 2.58. The van der Waals surface area contributed by atoms with Gasteiger partial charge in [0.2, 0.25) is 5.91 Å². The van der Waals surface area contributed by atoms with E-state index in [9.17, 15) is 19.3 Å². The number of carbonyl (C=O) groups excluding carboxylic acids is 1. The molecule has 0 radical (unpaired) electrons. The van der Waals surface area contributed by atoms with Crippen molar-refractivity contribution in [1.29, 1.82) is 5.26 Å². The van der Waals surface area contributed by atoms with Gasteiger partial charge >= 0.3 is 0 Å². The first-order valence-electron chi connectivity index (χ1n) is 6.87. The van der Waals surface area contributed by atoms with Gasteiger partial charge in [-0.1, -0.05) is 24.3 Å². The van der Waals surface area contributed by atoms with Crippen molar-refractivity contribution in [3.8, 4) is 6.07 Å². The first-order valence-corrected chi connectivity index (χ1v) is 6.87. The second-order valence-corrected chi connectivity index (χ2v) is 4.81. The van der Waals surface area contributed by atoms with E-state index in [1.54, 1.807) is 6.07 Å². The van der Waals surface area contributed by atoms with E-state index in [4.69, 9.17) is 5.26 Å². The smallest absolute Gasteiger partial charge is 0.270 e. The zero-order chi connectivity index (χ0) is 17.5. The van der Waals surface area contributed by atoms with Gasteiger partial charge in [0, 0.05) is 18.2 Å². The Balaban J connectivity index is 2.06. The average Bonchev–Trinajstić information content (AvgIpc) is 2.59. The maximum Gasteiger partial charge on any atom is 0.270 e. The Morgan fingerprint density at radius 3 is 2.62 bits per heavy atom. The molecule has 0 aliphatic heterocycles. The number of hydrogen-bond donors (Lipinski definition) is 1. The molecule has 1 N–H and O–H groups in total. The quantitative estimate of drug-likeness (QED) is 0.519. The van der Waals surface area contributed by atoms with Crippen LogP contribution >= 0.6 is 0 Å². The van der Waals surface area contributed by atoms with E-state index >= 15 is 0 Å². The zero-order valence-corrected chi connectivity index (χ0v) is 12.3. The molecule has 120 valence electrons. The summed E-state index contributed by atoms with van der Waals surface area (Å²) < 4.78 is 12.9. The molecule has 7 heteroatoms. The van der Waals surface area contributed by atoms with Gasteiger partial charge in [0.15, 0.2) is 0 Å². The number of nitro benzene ring substituents is 1. The van der Waals surface area contributed by atoms with E-state index in [0.717, 1.165) is 0 Å². The Hall–Kier alpha value is -3.53. The highest BCUT2D eigenvalue weighted by atomic mass is 19.1. The normalized spacial score (nSPS) is 11.7. The monoisotopic (exact) mass is 325 g/mol. The SMILES string of the molecule is N#C[C@@H](NC(=O)/C=C/c1cccc([N+](=O)[O-])c1)c1ccc(F)cc1. The van der Waals surface area contributed by atoms with Crippen molar-refractivity contribution >= 4 is 17.7 Å². The number of nitrogens with one attached hydrogen (secondary N) is 1. The number of nitro groups is 1. The lowest BCUT2D eigenvalue weighted by atomic mass is 10.1. The minimum Gasteiger partial charge on any atom is -0.333 e. The highest BCUT2D eigenvalue weighted by Crippen LogP contribution is 2.15. The van der Waals surface area contributed by atoms with Gasteiger partial charge in [-0.05, 0) is 29.3 Å². The number of hydrogen-bond acceptors (Lipinski definition) is 4. The molecule has 0 aliphatic rings. The number of carbonyl (C=O) groups is 1. The number of halogens is 1. The third-order valence-corrected chi connectivity index (χ3v) is 3.13. The number of rotatable bonds is 5. The molecule has 1 amide bonds. The number of non-ortho nitro benzene ring substituents is 1. The van der Waals surface area contributed by atoms with Crippen LogP contribution in [0.2, 0.25) is 0 Å². The standard InChI is InChI=1S/C17H12FN3O3/c18-14-7-5-13(6-8-14)16(11-19)20-17(22)9-4-12-2-1-3-15(10-12)21(23)24/h1-10,16H,(H,20,22)/b9-4+/t16-/m1/s1. The summed E-state index contributed by atoms with van der Waals surface area (Å²) in [5, 5.41) is 22.3. The summed E-state index contributed by atoms with van der Waals surface area (Å²) >= 11 is 0. The van der Waals surface area contributed by atoms with Crippen molar-refractivity contribution < 1.29 is 14.1 Å². The second-order valence-electron chi connectivity index (χ2n) is 4.81. The van der Waals surface area contributed by atoms with Gasteiger partial charge in [-0.3, -0.25) is 14.9 Å². The summed E-state index contributed by atoms with van der Waals surface area (Å²) in [5.74, 6) is -0.982. The van der Waals surface area contributed by atoms with Crippen LogP contribution in [0, 0.1) is 27.3 Å². The number of nitriles is 1. The van der Waals surface area contributed by atoms with Crippen molar-refractivity contribution in [2.75, 3.05) is 0 Å². The maximum absolute atomic E-state index is 12.9. The summed E-state index contributed by atoms with van der Waals surface area (Å²) in [6.45, 7) is 0. The van der Waals surface area contributed by atoms with E-state index in [0.29, 0.717) is 11.1 Å². The zero-order valence-electron chi connectivity index (χ0n) is 12.3. The van der Waals surface area contributed by atoms with Crippen LogP contribution in [0.25, 0.3) is 6.08 Å².